The van der Waals surface area contributed by atoms with Gasteiger partial charge in [0.15, 0.2) is 5.13 Å². The van der Waals surface area contributed by atoms with Gasteiger partial charge in [0.2, 0.25) is 5.91 Å². The van der Waals surface area contributed by atoms with Crippen LogP contribution in [-0.2, 0) is 11.3 Å². The molecule has 0 radical (unpaired) electrons. The maximum absolute atomic E-state index is 12.4. The van der Waals surface area contributed by atoms with E-state index in [4.69, 9.17) is 23.2 Å². The van der Waals surface area contributed by atoms with Crippen molar-refractivity contribution in [2.24, 2.45) is 0 Å². The fourth-order valence-electron chi connectivity index (χ4n) is 3.30. The molecule has 1 amide bonds. The van der Waals surface area contributed by atoms with E-state index in [1.54, 1.807) is 0 Å². The lowest BCUT2D eigenvalue weighted by atomic mass is 10.2. The average molecular weight is 435 g/mol. The van der Waals surface area contributed by atoms with Gasteiger partial charge >= 0.3 is 0 Å². The molecule has 4 rings (SSSR count). The molecule has 1 saturated heterocycles. The number of thiazole rings is 1. The lowest BCUT2D eigenvalue weighted by molar-refractivity contribution is -0.117. The Morgan fingerprint density at radius 1 is 1.00 bits per heavy atom. The monoisotopic (exact) mass is 434 g/mol. The molecule has 0 unspecified atom stereocenters. The van der Waals surface area contributed by atoms with Crippen LogP contribution in [0.3, 0.4) is 0 Å². The molecule has 1 fully saturated rings. The molecule has 28 heavy (non-hydrogen) atoms. The van der Waals surface area contributed by atoms with Gasteiger partial charge in [-0.2, -0.15) is 0 Å². The number of hydrogen-bond donors (Lipinski definition) is 1. The van der Waals surface area contributed by atoms with Gasteiger partial charge < -0.3 is 5.32 Å². The fraction of sp³-hybridized carbons (Fsp3) is 0.300. The molecule has 3 aromatic rings. The number of fused-ring (bicyclic) bond motifs is 1. The zero-order valence-electron chi connectivity index (χ0n) is 15.2. The molecule has 0 aliphatic carbocycles. The van der Waals surface area contributed by atoms with Gasteiger partial charge in [0.1, 0.15) is 0 Å². The number of halogens is 2. The third-order valence-corrected chi connectivity index (χ3v) is 6.48. The third-order valence-electron chi connectivity index (χ3n) is 4.82. The molecule has 0 saturated carbocycles. The molecule has 1 N–H and O–H groups in total. The first kappa shape index (κ1) is 19.6. The number of amides is 1. The quantitative estimate of drug-likeness (QED) is 0.647. The van der Waals surface area contributed by atoms with E-state index in [0.717, 1.165) is 48.5 Å². The van der Waals surface area contributed by atoms with Gasteiger partial charge in [-0.05, 0) is 24.3 Å². The predicted molar refractivity (Wildman–Crippen MR) is 116 cm³/mol. The molecule has 0 bridgehead atoms. The zero-order valence-corrected chi connectivity index (χ0v) is 17.5. The highest BCUT2D eigenvalue weighted by Crippen LogP contribution is 2.27. The minimum atomic E-state index is -0.0262. The molecular weight excluding hydrogens is 415 g/mol. The molecule has 1 aromatic heterocycles. The van der Waals surface area contributed by atoms with E-state index >= 15 is 0 Å². The number of nitrogens with zero attached hydrogens (tertiary/aromatic N) is 3. The van der Waals surface area contributed by atoms with Crippen LogP contribution in [0.15, 0.2) is 42.5 Å². The summed E-state index contributed by atoms with van der Waals surface area (Å²) in [6.07, 6.45) is 0. The summed E-state index contributed by atoms with van der Waals surface area (Å²) in [6, 6.07) is 13.5. The maximum atomic E-state index is 12.4. The van der Waals surface area contributed by atoms with Gasteiger partial charge in [-0.15, -0.1) is 0 Å². The third kappa shape index (κ3) is 4.64. The Kier molecular flexibility index (Phi) is 6.13. The van der Waals surface area contributed by atoms with Crippen molar-refractivity contribution in [3.63, 3.8) is 0 Å². The first-order chi connectivity index (χ1) is 13.6. The molecule has 1 aliphatic heterocycles. The van der Waals surface area contributed by atoms with Crippen LogP contribution in [-0.4, -0.2) is 53.4 Å². The van der Waals surface area contributed by atoms with Gasteiger partial charge in [0.05, 0.1) is 16.8 Å². The molecule has 0 spiro atoms. The number of rotatable bonds is 5. The highest BCUT2D eigenvalue weighted by atomic mass is 35.5. The van der Waals surface area contributed by atoms with E-state index in [0.29, 0.717) is 21.7 Å². The number of carbonyl (C=O) groups is 1. The Morgan fingerprint density at radius 2 is 1.68 bits per heavy atom. The van der Waals surface area contributed by atoms with E-state index in [1.165, 1.54) is 11.3 Å². The van der Waals surface area contributed by atoms with Crippen molar-refractivity contribution in [3.05, 3.63) is 58.1 Å². The van der Waals surface area contributed by atoms with Crippen LogP contribution < -0.4 is 5.32 Å². The maximum Gasteiger partial charge on any atom is 0.240 e. The van der Waals surface area contributed by atoms with Crippen LogP contribution in [0.1, 0.15) is 5.56 Å². The topological polar surface area (TPSA) is 48.5 Å². The molecule has 5 nitrogen and oxygen atoms in total. The van der Waals surface area contributed by atoms with Crippen molar-refractivity contribution in [2.75, 3.05) is 38.0 Å². The first-order valence-electron chi connectivity index (χ1n) is 9.11. The summed E-state index contributed by atoms with van der Waals surface area (Å²) >= 11 is 14.0. The van der Waals surface area contributed by atoms with E-state index in [2.05, 4.69) is 20.1 Å². The van der Waals surface area contributed by atoms with Crippen LogP contribution in [0.5, 0.6) is 0 Å². The lowest BCUT2D eigenvalue weighted by Gasteiger charge is -2.34. The molecular formula is C20H20Cl2N4OS. The zero-order chi connectivity index (χ0) is 19.5. The SMILES string of the molecule is O=C(CN1CCN(Cc2c(Cl)cccc2Cl)CC1)Nc1nc2ccccc2s1. The minimum Gasteiger partial charge on any atom is -0.301 e. The number of piperazine rings is 1. The Morgan fingerprint density at radius 3 is 2.39 bits per heavy atom. The predicted octanol–water partition coefficient (Wildman–Crippen LogP) is 4.36. The number of aromatic nitrogens is 1. The Bertz CT molecular complexity index is 932. The van der Waals surface area contributed by atoms with Crippen LogP contribution in [0.4, 0.5) is 5.13 Å². The van der Waals surface area contributed by atoms with Crippen molar-refractivity contribution in [2.45, 2.75) is 6.54 Å². The van der Waals surface area contributed by atoms with E-state index in [1.807, 2.05) is 42.5 Å². The molecule has 2 heterocycles. The van der Waals surface area contributed by atoms with Gasteiger partial charge in [-0.3, -0.25) is 14.6 Å². The summed E-state index contributed by atoms with van der Waals surface area (Å²) in [4.78, 5) is 21.3. The standard InChI is InChI=1S/C20H20Cl2N4OS/c21-15-4-3-5-16(22)14(15)12-25-8-10-26(11-9-25)13-19(27)24-20-23-17-6-1-2-7-18(17)28-20/h1-7H,8-13H2,(H,23,24,27). The smallest absolute Gasteiger partial charge is 0.240 e. The molecule has 146 valence electrons. The number of para-hydroxylation sites is 1. The second-order valence-corrected chi connectivity index (χ2v) is 8.63. The van der Waals surface area contributed by atoms with Crippen molar-refractivity contribution in [3.8, 4) is 0 Å². The Labute approximate surface area is 177 Å². The first-order valence-corrected chi connectivity index (χ1v) is 10.7. The Balaban J connectivity index is 1.27. The van der Waals surface area contributed by atoms with E-state index in [9.17, 15) is 4.79 Å². The summed E-state index contributed by atoms with van der Waals surface area (Å²) in [7, 11) is 0. The number of hydrogen-bond acceptors (Lipinski definition) is 5. The highest BCUT2D eigenvalue weighted by Gasteiger charge is 2.21. The number of nitrogens with one attached hydrogen (secondary N) is 1. The van der Waals surface area contributed by atoms with Crippen molar-refractivity contribution in [1.29, 1.82) is 0 Å². The van der Waals surface area contributed by atoms with Gasteiger partial charge in [-0.1, -0.05) is 52.7 Å². The van der Waals surface area contributed by atoms with Crippen LogP contribution >= 0.6 is 34.5 Å². The number of benzene rings is 2. The van der Waals surface area contributed by atoms with Crippen LogP contribution in [0.2, 0.25) is 10.0 Å². The van der Waals surface area contributed by atoms with E-state index < -0.39 is 0 Å². The molecule has 0 atom stereocenters. The largest absolute Gasteiger partial charge is 0.301 e. The second kappa shape index (κ2) is 8.76. The summed E-state index contributed by atoms with van der Waals surface area (Å²) in [5.41, 5.74) is 1.88. The second-order valence-electron chi connectivity index (χ2n) is 6.79. The number of carbonyl (C=O) groups excluding carboxylic acids is 1. The number of anilines is 1. The fourth-order valence-corrected chi connectivity index (χ4v) is 4.70. The minimum absolute atomic E-state index is 0.0262. The summed E-state index contributed by atoms with van der Waals surface area (Å²) < 4.78 is 1.07. The molecule has 2 aromatic carbocycles. The van der Waals surface area contributed by atoms with Crippen LogP contribution in [0.25, 0.3) is 10.2 Å². The summed E-state index contributed by atoms with van der Waals surface area (Å²) in [5, 5.41) is 4.97. The van der Waals surface area contributed by atoms with Gasteiger partial charge in [0.25, 0.3) is 0 Å². The molecule has 1 aliphatic rings. The van der Waals surface area contributed by atoms with Crippen molar-refractivity contribution in [1.82, 2.24) is 14.8 Å². The van der Waals surface area contributed by atoms with Crippen LogP contribution in [0, 0.1) is 0 Å². The summed E-state index contributed by atoms with van der Waals surface area (Å²) in [5.74, 6) is -0.0262. The molecule has 8 heteroatoms. The van der Waals surface area contributed by atoms with Crippen molar-refractivity contribution >= 4 is 55.8 Å². The van der Waals surface area contributed by atoms with Gasteiger partial charge in [0, 0.05) is 48.3 Å². The normalized spacial score (nSPS) is 15.8. The van der Waals surface area contributed by atoms with Gasteiger partial charge in [-0.25, -0.2) is 4.98 Å². The highest BCUT2D eigenvalue weighted by molar-refractivity contribution is 7.22. The lowest BCUT2D eigenvalue weighted by Crippen LogP contribution is -2.48. The summed E-state index contributed by atoms with van der Waals surface area (Å²) in [6.45, 7) is 4.50. The average Bonchev–Trinajstić information content (AvgIpc) is 3.08. The van der Waals surface area contributed by atoms with E-state index in [-0.39, 0.29) is 5.91 Å². The van der Waals surface area contributed by atoms with Crippen molar-refractivity contribution < 1.29 is 4.79 Å². The Hall–Kier alpha value is -1.70.